The molecule has 2 N–H and O–H groups in total. The summed E-state index contributed by atoms with van der Waals surface area (Å²) in [5.74, 6) is -0.0413. The monoisotopic (exact) mass is 254 g/mol. The fraction of sp³-hybridized carbons (Fsp3) is 0.500. The van der Waals surface area contributed by atoms with Crippen LogP contribution in [0.15, 0.2) is 18.3 Å². The molecule has 1 atom stereocenters. The number of nitrogens with one attached hydrogen (secondary N) is 1. The third kappa shape index (κ3) is 4.31. The van der Waals surface area contributed by atoms with E-state index in [1.165, 1.54) is 7.11 Å². The molecule has 0 bridgehead atoms. The molecule has 0 aliphatic heterocycles. The molecule has 0 saturated carbocycles. The van der Waals surface area contributed by atoms with Gasteiger partial charge in [-0.05, 0) is 19.1 Å². The minimum Gasteiger partial charge on any atom is -0.462 e. The van der Waals surface area contributed by atoms with Crippen LogP contribution in [-0.4, -0.2) is 49.0 Å². The number of carbonyl (C=O) groups excluding carboxylic acids is 1. The Kier molecular flexibility index (Phi) is 6.10. The van der Waals surface area contributed by atoms with Gasteiger partial charge in [0, 0.05) is 19.9 Å². The number of ether oxygens (including phenoxy) is 2. The molecule has 1 aromatic rings. The Morgan fingerprint density at radius 1 is 1.61 bits per heavy atom. The first-order valence-corrected chi connectivity index (χ1v) is 5.72. The van der Waals surface area contributed by atoms with Crippen LogP contribution in [-0.2, 0) is 9.47 Å². The second kappa shape index (κ2) is 7.62. The van der Waals surface area contributed by atoms with Crippen LogP contribution in [0, 0.1) is 0 Å². The van der Waals surface area contributed by atoms with Crippen LogP contribution in [0.25, 0.3) is 0 Å². The summed E-state index contributed by atoms with van der Waals surface area (Å²) in [4.78, 5) is 15.7. The molecule has 1 unspecified atom stereocenters. The fourth-order valence-corrected chi connectivity index (χ4v) is 1.39. The molecule has 0 amide bonds. The summed E-state index contributed by atoms with van der Waals surface area (Å²) in [5.41, 5.74) is 0.351. The molecular formula is C12H18N2O4. The number of hydrogen-bond acceptors (Lipinski definition) is 6. The molecule has 0 aliphatic rings. The van der Waals surface area contributed by atoms with Gasteiger partial charge in [-0.15, -0.1) is 0 Å². The van der Waals surface area contributed by atoms with Gasteiger partial charge in [0.15, 0.2) is 0 Å². The molecule has 0 fully saturated rings. The highest BCUT2D eigenvalue weighted by molar-refractivity contribution is 5.94. The number of methoxy groups -OCH3 is 1. The van der Waals surface area contributed by atoms with Crippen molar-refractivity contribution in [3.8, 4) is 0 Å². The van der Waals surface area contributed by atoms with Crippen LogP contribution in [0.1, 0.15) is 17.3 Å². The van der Waals surface area contributed by atoms with Crippen molar-refractivity contribution in [1.82, 2.24) is 4.98 Å². The lowest BCUT2D eigenvalue weighted by Gasteiger charge is -2.13. The van der Waals surface area contributed by atoms with E-state index in [-0.39, 0.29) is 13.2 Å². The SMILES string of the molecule is CCOC(=O)c1cccnc1NCC(O)COC. The lowest BCUT2D eigenvalue weighted by atomic mass is 10.2. The van der Waals surface area contributed by atoms with E-state index in [1.807, 2.05) is 0 Å². The molecule has 0 aliphatic carbocycles. The summed E-state index contributed by atoms with van der Waals surface area (Å²) in [6.45, 7) is 2.51. The third-order valence-corrected chi connectivity index (χ3v) is 2.17. The highest BCUT2D eigenvalue weighted by Crippen LogP contribution is 2.12. The minimum absolute atomic E-state index is 0.217. The van der Waals surface area contributed by atoms with Crippen LogP contribution in [0.4, 0.5) is 5.82 Å². The molecular weight excluding hydrogens is 236 g/mol. The summed E-state index contributed by atoms with van der Waals surface area (Å²) < 4.78 is 9.72. The highest BCUT2D eigenvalue weighted by atomic mass is 16.5. The lowest BCUT2D eigenvalue weighted by molar-refractivity contribution is 0.0526. The molecule has 6 heteroatoms. The van der Waals surface area contributed by atoms with E-state index < -0.39 is 12.1 Å². The molecule has 6 nitrogen and oxygen atoms in total. The number of nitrogens with zero attached hydrogens (tertiary/aromatic N) is 1. The summed E-state index contributed by atoms with van der Waals surface area (Å²) >= 11 is 0. The molecule has 1 rings (SSSR count). The topological polar surface area (TPSA) is 80.7 Å². The van der Waals surface area contributed by atoms with Crippen molar-refractivity contribution in [2.75, 3.05) is 32.2 Å². The number of esters is 1. The number of aliphatic hydroxyl groups excluding tert-OH is 1. The minimum atomic E-state index is -0.660. The van der Waals surface area contributed by atoms with Gasteiger partial charge in [-0.1, -0.05) is 0 Å². The van der Waals surface area contributed by atoms with Crippen molar-refractivity contribution in [3.05, 3.63) is 23.9 Å². The number of hydrogen-bond donors (Lipinski definition) is 2. The van der Waals surface area contributed by atoms with Gasteiger partial charge in [0.25, 0.3) is 0 Å². The molecule has 0 saturated heterocycles. The van der Waals surface area contributed by atoms with Gasteiger partial charge in [0.1, 0.15) is 11.4 Å². The fourth-order valence-electron chi connectivity index (χ4n) is 1.39. The third-order valence-electron chi connectivity index (χ3n) is 2.17. The summed E-state index contributed by atoms with van der Waals surface area (Å²) in [6.07, 6.45) is 0.903. The van der Waals surface area contributed by atoms with Crippen LogP contribution < -0.4 is 5.32 Å². The number of rotatable bonds is 7. The Morgan fingerprint density at radius 2 is 2.39 bits per heavy atom. The number of pyridine rings is 1. The predicted molar refractivity (Wildman–Crippen MR) is 66.6 cm³/mol. The quantitative estimate of drug-likeness (QED) is 0.696. The Labute approximate surface area is 106 Å². The first-order chi connectivity index (χ1) is 8.69. The molecule has 0 spiro atoms. The van der Waals surface area contributed by atoms with E-state index in [0.717, 1.165) is 0 Å². The lowest BCUT2D eigenvalue weighted by Crippen LogP contribution is -2.25. The highest BCUT2D eigenvalue weighted by Gasteiger charge is 2.13. The Balaban J connectivity index is 2.67. The van der Waals surface area contributed by atoms with Crippen LogP contribution in [0.2, 0.25) is 0 Å². The maximum Gasteiger partial charge on any atom is 0.341 e. The van der Waals surface area contributed by atoms with E-state index >= 15 is 0 Å². The van der Waals surface area contributed by atoms with Gasteiger partial charge >= 0.3 is 5.97 Å². The Morgan fingerprint density at radius 3 is 3.06 bits per heavy atom. The summed E-state index contributed by atoms with van der Waals surface area (Å²) in [7, 11) is 1.51. The largest absolute Gasteiger partial charge is 0.462 e. The van der Waals surface area contributed by atoms with Crippen molar-refractivity contribution in [2.45, 2.75) is 13.0 Å². The second-order valence-corrected chi connectivity index (χ2v) is 3.61. The first-order valence-electron chi connectivity index (χ1n) is 5.72. The molecule has 1 aromatic heterocycles. The van der Waals surface area contributed by atoms with Crippen LogP contribution >= 0.6 is 0 Å². The first kappa shape index (κ1) is 14.4. The molecule has 100 valence electrons. The van der Waals surface area contributed by atoms with Crippen LogP contribution in [0.3, 0.4) is 0 Å². The van der Waals surface area contributed by atoms with Crippen LogP contribution in [0.5, 0.6) is 0 Å². The average molecular weight is 254 g/mol. The Hall–Kier alpha value is -1.66. The van der Waals surface area contributed by atoms with Gasteiger partial charge in [-0.3, -0.25) is 0 Å². The zero-order chi connectivity index (χ0) is 13.4. The normalized spacial score (nSPS) is 11.9. The van der Waals surface area contributed by atoms with Crippen molar-refractivity contribution in [1.29, 1.82) is 0 Å². The van der Waals surface area contributed by atoms with Gasteiger partial charge in [-0.25, -0.2) is 9.78 Å². The molecule has 18 heavy (non-hydrogen) atoms. The number of carbonyl (C=O) groups is 1. The maximum absolute atomic E-state index is 11.6. The van der Waals surface area contributed by atoms with Crippen molar-refractivity contribution < 1.29 is 19.4 Å². The van der Waals surface area contributed by atoms with Crippen molar-refractivity contribution >= 4 is 11.8 Å². The van der Waals surface area contributed by atoms with Gasteiger partial charge in [-0.2, -0.15) is 0 Å². The predicted octanol–water partition coefficient (Wildman–Crippen LogP) is 0.677. The van der Waals surface area contributed by atoms with E-state index in [9.17, 15) is 9.90 Å². The standard InChI is InChI=1S/C12H18N2O4/c1-3-18-12(16)10-5-4-6-13-11(10)14-7-9(15)8-17-2/h4-6,9,15H,3,7-8H2,1-2H3,(H,13,14). The van der Waals surface area contributed by atoms with Gasteiger partial charge in [0.2, 0.25) is 0 Å². The number of anilines is 1. The van der Waals surface area contributed by atoms with Gasteiger partial charge < -0.3 is 19.9 Å². The Bertz CT molecular complexity index is 384. The maximum atomic E-state index is 11.6. The molecule has 1 heterocycles. The van der Waals surface area contributed by atoms with E-state index in [4.69, 9.17) is 9.47 Å². The van der Waals surface area contributed by atoms with Crippen molar-refractivity contribution in [3.63, 3.8) is 0 Å². The van der Waals surface area contributed by atoms with Gasteiger partial charge in [0.05, 0.1) is 19.3 Å². The summed E-state index contributed by atoms with van der Waals surface area (Å²) in [6, 6.07) is 3.28. The zero-order valence-corrected chi connectivity index (χ0v) is 10.5. The molecule has 0 radical (unpaired) electrons. The molecule has 0 aromatic carbocycles. The van der Waals surface area contributed by atoms with Crippen molar-refractivity contribution in [2.24, 2.45) is 0 Å². The zero-order valence-electron chi connectivity index (χ0n) is 10.5. The van der Waals surface area contributed by atoms with E-state index in [1.54, 1.807) is 25.3 Å². The van der Waals surface area contributed by atoms with E-state index in [2.05, 4.69) is 10.3 Å². The smallest absolute Gasteiger partial charge is 0.341 e. The van der Waals surface area contributed by atoms with E-state index in [0.29, 0.717) is 18.0 Å². The number of aliphatic hydroxyl groups is 1. The second-order valence-electron chi connectivity index (χ2n) is 3.61. The number of aromatic nitrogens is 1. The average Bonchev–Trinajstić information content (AvgIpc) is 2.37. The summed E-state index contributed by atoms with van der Waals surface area (Å²) in [5, 5.41) is 12.4.